The van der Waals surface area contributed by atoms with Crippen molar-refractivity contribution in [3.8, 4) is 0 Å². The van der Waals surface area contributed by atoms with Gasteiger partial charge in [-0.05, 0) is 25.1 Å². The molecular weight excluding hydrogens is 346 g/mol. The zero-order chi connectivity index (χ0) is 19.0. The quantitative estimate of drug-likeness (QED) is 0.743. The highest BCUT2D eigenvalue weighted by molar-refractivity contribution is 5.83. The van der Waals surface area contributed by atoms with E-state index in [1.807, 2.05) is 51.4 Å². The molecule has 3 heterocycles. The smallest absolute Gasteiger partial charge is 0.303 e. The number of carbonyl (C=O) groups excluding carboxylic acids is 1. The van der Waals surface area contributed by atoms with Crippen molar-refractivity contribution in [1.29, 1.82) is 0 Å². The number of aliphatic carboxylic acids is 1. The van der Waals surface area contributed by atoms with Gasteiger partial charge in [-0.1, -0.05) is 12.1 Å². The van der Waals surface area contributed by atoms with Crippen molar-refractivity contribution in [1.82, 2.24) is 24.2 Å². The van der Waals surface area contributed by atoms with Crippen molar-refractivity contribution in [2.24, 2.45) is 0 Å². The third kappa shape index (κ3) is 3.30. The highest BCUT2D eigenvalue weighted by atomic mass is 16.4. The van der Waals surface area contributed by atoms with Gasteiger partial charge in [0, 0.05) is 13.0 Å². The first kappa shape index (κ1) is 17.3. The molecule has 1 N–H and O–H groups in total. The van der Waals surface area contributed by atoms with Crippen LogP contribution in [0.1, 0.15) is 30.8 Å². The first-order valence-electron chi connectivity index (χ1n) is 9.00. The summed E-state index contributed by atoms with van der Waals surface area (Å²) in [6.45, 7) is 3.57. The van der Waals surface area contributed by atoms with Crippen molar-refractivity contribution in [3.63, 3.8) is 0 Å². The highest BCUT2D eigenvalue weighted by Gasteiger charge is 2.27. The van der Waals surface area contributed by atoms with E-state index in [9.17, 15) is 9.59 Å². The summed E-state index contributed by atoms with van der Waals surface area (Å²) in [5.74, 6) is -0.795. The zero-order valence-corrected chi connectivity index (χ0v) is 15.1. The molecule has 0 fully saturated rings. The Kier molecular flexibility index (Phi) is 4.39. The molecule has 140 valence electrons. The molecule has 1 aliphatic rings. The molecule has 8 nitrogen and oxygen atoms in total. The number of para-hydroxylation sites is 2. The van der Waals surface area contributed by atoms with Gasteiger partial charge in [-0.25, -0.2) is 4.98 Å². The van der Waals surface area contributed by atoms with E-state index < -0.39 is 5.97 Å². The molecule has 3 aromatic rings. The predicted octanol–water partition coefficient (Wildman–Crippen LogP) is 1.85. The van der Waals surface area contributed by atoms with Crippen LogP contribution in [0.2, 0.25) is 0 Å². The lowest BCUT2D eigenvalue weighted by atomic mass is 10.2. The Bertz CT molecular complexity index is 1010. The number of benzene rings is 1. The average molecular weight is 367 g/mol. The Morgan fingerprint density at radius 2 is 2.07 bits per heavy atom. The molecule has 1 aliphatic heterocycles. The fourth-order valence-corrected chi connectivity index (χ4v) is 3.54. The lowest BCUT2D eigenvalue weighted by Gasteiger charge is -2.30. The predicted molar refractivity (Wildman–Crippen MR) is 98.0 cm³/mol. The molecule has 0 radical (unpaired) electrons. The topological polar surface area (TPSA) is 93.3 Å². The molecule has 27 heavy (non-hydrogen) atoms. The van der Waals surface area contributed by atoms with Crippen LogP contribution in [0.15, 0.2) is 36.7 Å². The minimum atomic E-state index is -0.834. The highest BCUT2D eigenvalue weighted by Crippen LogP contribution is 2.22. The van der Waals surface area contributed by atoms with E-state index >= 15 is 0 Å². The van der Waals surface area contributed by atoms with Gasteiger partial charge in [0.15, 0.2) is 0 Å². The number of amides is 1. The van der Waals surface area contributed by atoms with Crippen LogP contribution in [-0.2, 0) is 29.1 Å². The third-order valence-electron chi connectivity index (χ3n) is 5.01. The Balaban J connectivity index is 1.49. The Hall–Kier alpha value is -3.16. The average Bonchev–Trinajstić information content (AvgIpc) is 3.28. The van der Waals surface area contributed by atoms with Gasteiger partial charge in [0.2, 0.25) is 5.91 Å². The first-order valence-corrected chi connectivity index (χ1v) is 9.00. The standard InChI is InChI=1S/C19H21N5O3/c1-13(23-12-20-16-4-2-3-5-17(16)23)19(27)22-8-9-24-15(11-22)10-14(21-24)6-7-18(25)26/h2-5,10,12-13H,6-9,11H2,1H3,(H,25,26). The van der Waals surface area contributed by atoms with Crippen LogP contribution >= 0.6 is 0 Å². The number of imidazole rings is 1. The summed E-state index contributed by atoms with van der Waals surface area (Å²) in [6, 6.07) is 9.32. The van der Waals surface area contributed by atoms with Gasteiger partial charge in [0.1, 0.15) is 6.04 Å². The second-order valence-corrected chi connectivity index (χ2v) is 6.82. The Morgan fingerprint density at radius 1 is 1.26 bits per heavy atom. The number of hydrogen-bond donors (Lipinski definition) is 1. The van der Waals surface area contributed by atoms with Gasteiger partial charge in [-0.15, -0.1) is 0 Å². The van der Waals surface area contributed by atoms with Gasteiger partial charge < -0.3 is 14.6 Å². The molecule has 1 aromatic carbocycles. The first-order chi connectivity index (χ1) is 13.0. The number of nitrogens with zero attached hydrogens (tertiary/aromatic N) is 5. The second kappa shape index (κ2) is 6.86. The molecular formula is C19H21N5O3. The van der Waals surface area contributed by atoms with Crippen LogP contribution < -0.4 is 0 Å². The van der Waals surface area contributed by atoms with Gasteiger partial charge in [-0.3, -0.25) is 14.3 Å². The van der Waals surface area contributed by atoms with Crippen LogP contribution in [0.25, 0.3) is 11.0 Å². The van der Waals surface area contributed by atoms with Crippen molar-refractivity contribution >= 4 is 22.9 Å². The maximum Gasteiger partial charge on any atom is 0.303 e. The van der Waals surface area contributed by atoms with Crippen LogP contribution in [0.3, 0.4) is 0 Å². The maximum absolute atomic E-state index is 13.0. The number of carboxylic acids is 1. The fourth-order valence-electron chi connectivity index (χ4n) is 3.54. The lowest BCUT2D eigenvalue weighted by Crippen LogP contribution is -2.41. The molecule has 8 heteroatoms. The van der Waals surface area contributed by atoms with Crippen LogP contribution in [0, 0.1) is 0 Å². The summed E-state index contributed by atoms with van der Waals surface area (Å²) in [4.78, 5) is 30.0. The number of hydrogen-bond acceptors (Lipinski definition) is 4. The molecule has 2 aromatic heterocycles. The zero-order valence-electron chi connectivity index (χ0n) is 15.1. The van der Waals surface area contributed by atoms with Crippen LogP contribution in [-0.4, -0.2) is 47.8 Å². The van der Waals surface area contributed by atoms with Gasteiger partial charge in [0.05, 0.1) is 48.3 Å². The van der Waals surface area contributed by atoms with E-state index in [-0.39, 0.29) is 18.4 Å². The number of rotatable bonds is 5. The fraction of sp³-hybridized carbons (Fsp3) is 0.368. The van der Waals surface area contributed by atoms with E-state index in [2.05, 4.69) is 10.1 Å². The van der Waals surface area contributed by atoms with Gasteiger partial charge >= 0.3 is 5.97 Å². The maximum atomic E-state index is 13.0. The van der Waals surface area contributed by atoms with E-state index in [4.69, 9.17) is 5.11 Å². The van der Waals surface area contributed by atoms with Crippen LogP contribution in [0.4, 0.5) is 0 Å². The lowest BCUT2D eigenvalue weighted by molar-refractivity contribution is -0.137. The van der Waals surface area contributed by atoms with Crippen molar-refractivity contribution in [2.75, 3.05) is 6.54 Å². The molecule has 0 spiro atoms. The molecule has 1 atom stereocenters. The third-order valence-corrected chi connectivity index (χ3v) is 5.01. The van der Waals surface area contributed by atoms with Crippen molar-refractivity contribution in [3.05, 3.63) is 48.0 Å². The SMILES string of the molecule is CC(C(=O)N1CCn2nc(CCC(=O)O)cc2C1)n1cnc2ccccc21. The molecule has 0 saturated heterocycles. The number of carboxylic acid groups (broad SMARTS) is 1. The largest absolute Gasteiger partial charge is 0.481 e. The van der Waals surface area contributed by atoms with Crippen LogP contribution in [0.5, 0.6) is 0 Å². The van der Waals surface area contributed by atoms with Gasteiger partial charge in [-0.2, -0.15) is 5.10 Å². The molecule has 1 unspecified atom stereocenters. The van der Waals surface area contributed by atoms with E-state index in [0.29, 0.717) is 26.1 Å². The van der Waals surface area contributed by atoms with E-state index in [1.54, 1.807) is 6.33 Å². The number of aromatic nitrogens is 4. The molecule has 4 rings (SSSR count). The minimum Gasteiger partial charge on any atom is -0.481 e. The van der Waals surface area contributed by atoms with E-state index in [1.165, 1.54) is 0 Å². The Labute approximate surface area is 156 Å². The monoisotopic (exact) mass is 367 g/mol. The molecule has 0 aliphatic carbocycles. The van der Waals surface area contributed by atoms with Gasteiger partial charge in [0.25, 0.3) is 0 Å². The summed E-state index contributed by atoms with van der Waals surface area (Å²) in [6.07, 6.45) is 2.18. The Morgan fingerprint density at radius 3 is 2.89 bits per heavy atom. The van der Waals surface area contributed by atoms with E-state index in [0.717, 1.165) is 22.4 Å². The number of fused-ring (bicyclic) bond motifs is 2. The molecule has 0 saturated carbocycles. The second-order valence-electron chi connectivity index (χ2n) is 6.82. The number of aryl methyl sites for hydroxylation is 1. The van der Waals surface area contributed by atoms with Crippen molar-refractivity contribution in [2.45, 2.75) is 38.9 Å². The molecule has 0 bridgehead atoms. The van der Waals surface area contributed by atoms with Crippen molar-refractivity contribution < 1.29 is 14.7 Å². The summed E-state index contributed by atoms with van der Waals surface area (Å²) in [5, 5.41) is 13.3. The normalized spacial score (nSPS) is 14.9. The summed E-state index contributed by atoms with van der Waals surface area (Å²) >= 11 is 0. The summed E-state index contributed by atoms with van der Waals surface area (Å²) < 4.78 is 3.78. The number of carbonyl (C=O) groups is 2. The summed E-state index contributed by atoms with van der Waals surface area (Å²) in [7, 11) is 0. The molecule has 1 amide bonds. The minimum absolute atomic E-state index is 0.0395. The summed E-state index contributed by atoms with van der Waals surface area (Å²) in [5.41, 5.74) is 3.52.